The van der Waals surface area contributed by atoms with E-state index in [1.54, 1.807) is 6.07 Å². The summed E-state index contributed by atoms with van der Waals surface area (Å²) in [5.41, 5.74) is 1.47. The molecule has 1 aliphatic heterocycles. The van der Waals surface area contributed by atoms with Gasteiger partial charge in [-0.3, -0.25) is 14.9 Å². The standard InChI is InChI=1S/C13H15N3O4/c1-8-5-11(20-15-8)7-14-12-4-3-10(9(2)17)6-13(12)16(18)19/h3-4,6,11,14H,5,7H2,1-2H3. The molecule has 20 heavy (non-hydrogen) atoms. The summed E-state index contributed by atoms with van der Waals surface area (Å²) in [5, 5.41) is 17.8. The quantitative estimate of drug-likeness (QED) is 0.506. The molecule has 7 nitrogen and oxygen atoms in total. The Balaban J connectivity index is 2.11. The van der Waals surface area contributed by atoms with Crippen LogP contribution < -0.4 is 5.32 Å². The number of nitro benzene ring substituents is 1. The topological polar surface area (TPSA) is 93.8 Å². The molecule has 1 atom stereocenters. The van der Waals surface area contributed by atoms with Crippen LogP contribution in [0.25, 0.3) is 0 Å². The Morgan fingerprint density at radius 2 is 2.35 bits per heavy atom. The Morgan fingerprint density at radius 3 is 2.90 bits per heavy atom. The van der Waals surface area contributed by atoms with Crippen LogP contribution in [0.15, 0.2) is 23.4 Å². The summed E-state index contributed by atoms with van der Waals surface area (Å²) in [4.78, 5) is 26.9. The molecule has 0 saturated heterocycles. The number of benzene rings is 1. The number of rotatable bonds is 5. The Hall–Kier alpha value is -2.44. The van der Waals surface area contributed by atoms with Crippen molar-refractivity contribution >= 4 is 22.9 Å². The van der Waals surface area contributed by atoms with Gasteiger partial charge in [-0.05, 0) is 26.0 Å². The van der Waals surface area contributed by atoms with Crippen molar-refractivity contribution in [3.05, 3.63) is 33.9 Å². The maximum atomic E-state index is 11.3. The minimum absolute atomic E-state index is 0.117. The van der Waals surface area contributed by atoms with Crippen LogP contribution in [0.3, 0.4) is 0 Å². The van der Waals surface area contributed by atoms with Crippen LogP contribution in [-0.4, -0.2) is 29.1 Å². The number of nitrogens with one attached hydrogen (secondary N) is 1. The summed E-state index contributed by atoms with van der Waals surface area (Å²) < 4.78 is 0. The molecule has 0 saturated carbocycles. The Bertz CT molecular complexity index is 583. The van der Waals surface area contributed by atoms with Crippen molar-refractivity contribution in [2.24, 2.45) is 5.16 Å². The van der Waals surface area contributed by atoms with Gasteiger partial charge in [-0.1, -0.05) is 5.16 Å². The number of hydrogen-bond donors (Lipinski definition) is 1. The van der Waals surface area contributed by atoms with Crippen molar-refractivity contribution < 1.29 is 14.6 Å². The largest absolute Gasteiger partial charge is 0.390 e. The van der Waals surface area contributed by atoms with Gasteiger partial charge >= 0.3 is 0 Å². The molecule has 0 spiro atoms. The van der Waals surface area contributed by atoms with E-state index in [0.717, 1.165) is 5.71 Å². The summed E-state index contributed by atoms with van der Waals surface area (Å²) in [6, 6.07) is 4.38. The number of ketones is 1. The van der Waals surface area contributed by atoms with E-state index in [1.807, 2.05) is 6.92 Å². The maximum Gasteiger partial charge on any atom is 0.293 e. The number of hydrogen-bond acceptors (Lipinski definition) is 6. The van der Waals surface area contributed by atoms with Crippen molar-refractivity contribution in [3.8, 4) is 0 Å². The van der Waals surface area contributed by atoms with Gasteiger partial charge in [0.1, 0.15) is 11.8 Å². The predicted octanol–water partition coefficient (Wildman–Crippen LogP) is 2.37. The minimum Gasteiger partial charge on any atom is -0.390 e. The second-order valence-electron chi connectivity index (χ2n) is 4.68. The zero-order valence-electron chi connectivity index (χ0n) is 11.3. The highest BCUT2D eigenvalue weighted by Crippen LogP contribution is 2.26. The van der Waals surface area contributed by atoms with Gasteiger partial charge in [-0.25, -0.2) is 0 Å². The number of nitrogens with zero attached hydrogens (tertiary/aromatic N) is 2. The van der Waals surface area contributed by atoms with E-state index in [0.29, 0.717) is 24.2 Å². The van der Waals surface area contributed by atoms with Crippen molar-refractivity contribution in [2.45, 2.75) is 26.4 Å². The number of carbonyl (C=O) groups is 1. The number of carbonyl (C=O) groups excluding carboxylic acids is 1. The van der Waals surface area contributed by atoms with Crippen LogP contribution >= 0.6 is 0 Å². The lowest BCUT2D eigenvalue weighted by atomic mass is 10.1. The molecule has 0 bridgehead atoms. The summed E-state index contributed by atoms with van der Waals surface area (Å²) in [6.45, 7) is 3.66. The van der Waals surface area contributed by atoms with Crippen LogP contribution in [0.1, 0.15) is 30.6 Å². The molecule has 0 amide bonds. The second kappa shape index (κ2) is 5.68. The average Bonchev–Trinajstić information content (AvgIpc) is 2.81. The van der Waals surface area contributed by atoms with Gasteiger partial charge in [0.05, 0.1) is 17.2 Å². The predicted molar refractivity (Wildman–Crippen MR) is 74.2 cm³/mol. The number of nitro groups is 1. The molecule has 1 N–H and O–H groups in total. The lowest BCUT2D eigenvalue weighted by molar-refractivity contribution is -0.384. The smallest absolute Gasteiger partial charge is 0.293 e. The first kappa shape index (κ1) is 14.0. The summed E-state index contributed by atoms with van der Waals surface area (Å²) in [5.74, 6) is -0.206. The van der Waals surface area contributed by atoms with Gasteiger partial charge in [-0.15, -0.1) is 0 Å². The fourth-order valence-electron chi connectivity index (χ4n) is 1.95. The zero-order valence-corrected chi connectivity index (χ0v) is 11.3. The monoisotopic (exact) mass is 277 g/mol. The Labute approximate surface area is 115 Å². The van der Waals surface area contributed by atoms with E-state index in [2.05, 4.69) is 10.5 Å². The third kappa shape index (κ3) is 3.11. The fourth-order valence-corrected chi connectivity index (χ4v) is 1.95. The van der Waals surface area contributed by atoms with Gasteiger partial charge in [0, 0.05) is 18.1 Å². The van der Waals surface area contributed by atoms with Gasteiger partial charge in [0.2, 0.25) is 0 Å². The SMILES string of the molecule is CC(=O)c1ccc(NCC2CC(C)=NO2)c([N+](=O)[O-])c1. The second-order valence-corrected chi connectivity index (χ2v) is 4.68. The van der Waals surface area contributed by atoms with E-state index in [4.69, 9.17) is 4.84 Å². The van der Waals surface area contributed by atoms with Crippen LogP contribution in [-0.2, 0) is 4.84 Å². The van der Waals surface area contributed by atoms with E-state index in [1.165, 1.54) is 19.1 Å². The van der Waals surface area contributed by atoms with Crippen LogP contribution in [0.5, 0.6) is 0 Å². The molecule has 2 rings (SSSR count). The molecule has 0 aliphatic carbocycles. The highest BCUT2D eigenvalue weighted by molar-refractivity contribution is 5.95. The number of anilines is 1. The van der Waals surface area contributed by atoms with Crippen LogP contribution in [0, 0.1) is 10.1 Å². The maximum absolute atomic E-state index is 11.3. The first-order valence-corrected chi connectivity index (χ1v) is 6.20. The average molecular weight is 277 g/mol. The van der Waals surface area contributed by atoms with E-state index < -0.39 is 4.92 Å². The molecular formula is C13H15N3O4. The highest BCUT2D eigenvalue weighted by atomic mass is 16.6. The van der Waals surface area contributed by atoms with Gasteiger partial charge in [0.25, 0.3) is 5.69 Å². The van der Waals surface area contributed by atoms with E-state index in [-0.39, 0.29) is 17.6 Å². The van der Waals surface area contributed by atoms with Gasteiger partial charge < -0.3 is 10.2 Å². The zero-order chi connectivity index (χ0) is 14.7. The molecule has 1 unspecified atom stereocenters. The third-order valence-electron chi connectivity index (χ3n) is 3.00. The normalized spacial score (nSPS) is 17.3. The summed E-state index contributed by atoms with van der Waals surface area (Å²) >= 11 is 0. The van der Waals surface area contributed by atoms with E-state index in [9.17, 15) is 14.9 Å². The number of Topliss-reactive ketones (excluding diaryl/α,β-unsaturated/α-hetero) is 1. The Morgan fingerprint density at radius 1 is 1.60 bits per heavy atom. The van der Waals surface area contributed by atoms with E-state index >= 15 is 0 Å². The minimum atomic E-state index is -0.508. The van der Waals surface area contributed by atoms with Crippen LogP contribution in [0.4, 0.5) is 11.4 Å². The van der Waals surface area contributed by atoms with Crippen molar-refractivity contribution in [1.82, 2.24) is 0 Å². The highest BCUT2D eigenvalue weighted by Gasteiger charge is 2.21. The molecule has 0 aromatic heterocycles. The van der Waals surface area contributed by atoms with Crippen molar-refractivity contribution in [3.63, 3.8) is 0 Å². The third-order valence-corrected chi connectivity index (χ3v) is 3.00. The fraction of sp³-hybridized carbons (Fsp3) is 0.385. The van der Waals surface area contributed by atoms with Crippen molar-refractivity contribution in [1.29, 1.82) is 0 Å². The van der Waals surface area contributed by atoms with Gasteiger partial charge in [-0.2, -0.15) is 0 Å². The molecule has 7 heteroatoms. The Kier molecular flexibility index (Phi) is 3.97. The molecule has 0 fully saturated rings. The van der Waals surface area contributed by atoms with Gasteiger partial charge in [0.15, 0.2) is 5.78 Å². The van der Waals surface area contributed by atoms with Crippen LogP contribution in [0.2, 0.25) is 0 Å². The molecule has 1 aromatic carbocycles. The first-order valence-electron chi connectivity index (χ1n) is 6.20. The molecular weight excluding hydrogens is 262 g/mol. The molecule has 1 aromatic rings. The van der Waals surface area contributed by atoms with Crippen molar-refractivity contribution in [2.75, 3.05) is 11.9 Å². The lowest BCUT2D eigenvalue weighted by Crippen LogP contribution is -2.20. The molecule has 1 heterocycles. The molecule has 1 aliphatic rings. The molecule has 0 radical (unpaired) electrons. The molecule has 106 valence electrons. The number of oxime groups is 1. The summed E-state index contributed by atoms with van der Waals surface area (Å²) in [6.07, 6.45) is 0.578. The lowest BCUT2D eigenvalue weighted by Gasteiger charge is -2.11. The first-order chi connectivity index (χ1) is 9.47. The summed E-state index contributed by atoms with van der Waals surface area (Å²) in [7, 11) is 0.